The van der Waals surface area contributed by atoms with Gasteiger partial charge in [-0.3, -0.25) is 9.59 Å². The maximum atomic E-state index is 12.4. The van der Waals surface area contributed by atoms with Crippen molar-refractivity contribution in [3.63, 3.8) is 0 Å². The molecule has 1 aromatic heterocycles. The molecule has 180 valence electrons. The summed E-state index contributed by atoms with van der Waals surface area (Å²) in [5.41, 5.74) is 5.98. The molecule has 1 amide bonds. The average Bonchev–Trinajstić information content (AvgIpc) is 3.24. The van der Waals surface area contributed by atoms with Crippen molar-refractivity contribution in [3.05, 3.63) is 75.0 Å². The summed E-state index contributed by atoms with van der Waals surface area (Å²) in [7, 11) is 0. The van der Waals surface area contributed by atoms with Crippen LogP contribution >= 0.6 is 11.3 Å². The van der Waals surface area contributed by atoms with Crippen molar-refractivity contribution in [3.8, 4) is 16.9 Å². The number of rotatable bonds is 10. The number of carboxylic acid groups (broad SMARTS) is 1. The molecule has 0 spiro atoms. The third-order valence-electron chi connectivity index (χ3n) is 5.60. The number of hydrogen-bond donors (Lipinski definition) is 2. The van der Waals surface area contributed by atoms with Gasteiger partial charge < -0.3 is 15.2 Å². The summed E-state index contributed by atoms with van der Waals surface area (Å²) >= 11 is 1.39. The largest absolute Gasteiger partial charge is 0.485 e. The SMILES string of the molecule is Cc1ccc(-c2c(C)cc(O[C@H](CC(C)C)c3ccc(C(=O)NCCC(=O)O)s3)cc2C)cc1. The highest BCUT2D eigenvalue weighted by atomic mass is 32.1. The maximum absolute atomic E-state index is 12.4. The molecule has 1 atom stereocenters. The predicted octanol–water partition coefficient (Wildman–Crippen LogP) is 6.71. The normalized spacial score (nSPS) is 11.9. The van der Waals surface area contributed by atoms with Gasteiger partial charge in [-0.2, -0.15) is 0 Å². The summed E-state index contributed by atoms with van der Waals surface area (Å²) < 4.78 is 6.49. The summed E-state index contributed by atoms with van der Waals surface area (Å²) in [6.07, 6.45) is 0.549. The average molecular weight is 480 g/mol. The van der Waals surface area contributed by atoms with Crippen LogP contribution in [0.15, 0.2) is 48.5 Å². The zero-order chi connectivity index (χ0) is 24.8. The number of ether oxygens (including phenoxy) is 1. The van der Waals surface area contributed by atoms with E-state index >= 15 is 0 Å². The Kier molecular flexibility index (Phi) is 8.51. The molecule has 0 fully saturated rings. The van der Waals surface area contributed by atoms with Gasteiger partial charge in [0, 0.05) is 11.4 Å². The molecule has 5 nitrogen and oxygen atoms in total. The molecule has 0 saturated carbocycles. The van der Waals surface area contributed by atoms with E-state index in [-0.39, 0.29) is 25.0 Å². The van der Waals surface area contributed by atoms with Crippen molar-refractivity contribution in [2.75, 3.05) is 6.54 Å². The molecule has 1 heterocycles. The van der Waals surface area contributed by atoms with Crippen LogP contribution in [0.5, 0.6) is 5.75 Å². The fraction of sp³-hybridized carbons (Fsp3) is 0.357. The van der Waals surface area contributed by atoms with Crippen LogP contribution in [0, 0.1) is 26.7 Å². The van der Waals surface area contributed by atoms with Crippen LogP contribution in [0.3, 0.4) is 0 Å². The van der Waals surface area contributed by atoms with E-state index in [2.05, 4.69) is 76.3 Å². The smallest absolute Gasteiger partial charge is 0.305 e. The number of nitrogens with one attached hydrogen (secondary N) is 1. The van der Waals surface area contributed by atoms with Crippen LogP contribution in [0.4, 0.5) is 0 Å². The van der Waals surface area contributed by atoms with Crippen LogP contribution in [0.1, 0.15) is 64.0 Å². The van der Waals surface area contributed by atoms with Crippen molar-refractivity contribution in [2.24, 2.45) is 5.92 Å². The van der Waals surface area contributed by atoms with Gasteiger partial charge in [0.15, 0.2) is 0 Å². The Hall–Kier alpha value is -3.12. The topological polar surface area (TPSA) is 75.6 Å². The molecular formula is C28H33NO4S. The standard InChI is InChI=1S/C28H33NO4S/c1-17(2)14-23(24-10-11-25(34-24)28(32)29-13-12-26(30)31)33-22-15-19(4)27(20(5)16-22)21-8-6-18(3)7-9-21/h6-11,15-17,23H,12-14H2,1-5H3,(H,29,32)(H,30,31)/t23-/m1/s1. The second-order valence-corrected chi connectivity index (χ2v) is 10.3. The molecule has 3 aromatic rings. The van der Waals surface area contributed by atoms with E-state index in [4.69, 9.17) is 9.84 Å². The van der Waals surface area contributed by atoms with Gasteiger partial charge in [-0.15, -0.1) is 11.3 Å². The second-order valence-electron chi connectivity index (χ2n) is 9.14. The highest BCUT2D eigenvalue weighted by molar-refractivity contribution is 7.14. The van der Waals surface area contributed by atoms with Gasteiger partial charge in [-0.1, -0.05) is 43.7 Å². The zero-order valence-electron chi connectivity index (χ0n) is 20.5. The van der Waals surface area contributed by atoms with E-state index in [1.165, 1.54) is 28.0 Å². The first-order valence-electron chi connectivity index (χ1n) is 11.6. The van der Waals surface area contributed by atoms with Gasteiger partial charge in [-0.05, 0) is 79.6 Å². The lowest BCUT2D eigenvalue weighted by molar-refractivity contribution is -0.136. The summed E-state index contributed by atoms with van der Waals surface area (Å²) in [6, 6.07) is 16.5. The Morgan fingerprint density at radius 2 is 1.65 bits per heavy atom. The molecule has 0 aliphatic heterocycles. The van der Waals surface area contributed by atoms with Crippen LogP contribution in [0.2, 0.25) is 0 Å². The summed E-state index contributed by atoms with van der Waals surface area (Å²) in [5, 5.41) is 11.4. The first-order chi connectivity index (χ1) is 16.1. The molecule has 0 radical (unpaired) electrons. The van der Waals surface area contributed by atoms with E-state index in [1.54, 1.807) is 6.07 Å². The number of aryl methyl sites for hydroxylation is 3. The Morgan fingerprint density at radius 1 is 1.00 bits per heavy atom. The van der Waals surface area contributed by atoms with E-state index in [1.807, 2.05) is 6.07 Å². The Bertz CT molecular complexity index is 1120. The molecular weight excluding hydrogens is 446 g/mol. The molecule has 2 aromatic carbocycles. The lowest BCUT2D eigenvalue weighted by atomic mass is 9.95. The number of aliphatic carboxylic acids is 1. The molecule has 34 heavy (non-hydrogen) atoms. The fourth-order valence-electron chi connectivity index (χ4n) is 4.00. The van der Waals surface area contributed by atoms with Gasteiger partial charge in [0.2, 0.25) is 0 Å². The molecule has 0 aliphatic rings. The highest BCUT2D eigenvalue weighted by Gasteiger charge is 2.21. The summed E-state index contributed by atoms with van der Waals surface area (Å²) in [4.78, 5) is 24.6. The number of thiophene rings is 1. The Labute approximate surface area is 205 Å². The number of benzene rings is 2. The van der Waals surface area contributed by atoms with E-state index in [0.717, 1.165) is 28.2 Å². The number of amides is 1. The highest BCUT2D eigenvalue weighted by Crippen LogP contribution is 2.36. The van der Waals surface area contributed by atoms with Gasteiger partial charge >= 0.3 is 5.97 Å². The molecule has 0 bridgehead atoms. The number of carboxylic acids is 1. The molecule has 0 unspecified atom stereocenters. The van der Waals surface area contributed by atoms with Crippen LogP contribution < -0.4 is 10.1 Å². The zero-order valence-corrected chi connectivity index (χ0v) is 21.3. The van der Waals surface area contributed by atoms with Crippen molar-refractivity contribution >= 4 is 23.2 Å². The van der Waals surface area contributed by atoms with Crippen LogP contribution in [-0.4, -0.2) is 23.5 Å². The number of carbonyl (C=O) groups is 2. The van der Waals surface area contributed by atoms with Gasteiger partial charge in [0.25, 0.3) is 5.91 Å². The summed E-state index contributed by atoms with van der Waals surface area (Å²) in [6.45, 7) is 10.7. The predicted molar refractivity (Wildman–Crippen MR) is 138 cm³/mol. The molecule has 2 N–H and O–H groups in total. The Morgan fingerprint density at radius 3 is 2.24 bits per heavy atom. The van der Waals surface area contributed by atoms with E-state index < -0.39 is 5.97 Å². The number of carbonyl (C=O) groups excluding carboxylic acids is 1. The Balaban J connectivity index is 1.81. The first kappa shape index (κ1) is 25.5. The van der Waals surface area contributed by atoms with Crippen LogP contribution in [-0.2, 0) is 4.79 Å². The first-order valence-corrected chi connectivity index (χ1v) is 12.4. The minimum absolute atomic E-state index is 0.0969. The minimum Gasteiger partial charge on any atom is -0.485 e. The van der Waals surface area contributed by atoms with Gasteiger partial charge in [0.05, 0.1) is 11.3 Å². The lowest BCUT2D eigenvalue weighted by Gasteiger charge is -2.22. The molecule has 0 aliphatic carbocycles. The third-order valence-corrected chi connectivity index (χ3v) is 6.78. The lowest BCUT2D eigenvalue weighted by Crippen LogP contribution is -2.25. The maximum Gasteiger partial charge on any atom is 0.305 e. The quantitative estimate of drug-likeness (QED) is 0.339. The second kappa shape index (κ2) is 11.3. The fourth-order valence-corrected chi connectivity index (χ4v) is 4.97. The van der Waals surface area contributed by atoms with Crippen molar-refractivity contribution in [1.82, 2.24) is 5.32 Å². The summed E-state index contributed by atoms with van der Waals surface area (Å²) in [5.74, 6) is 0.0397. The minimum atomic E-state index is -0.934. The van der Waals surface area contributed by atoms with Crippen molar-refractivity contribution < 1.29 is 19.4 Å². The van der Waals surface area contributed by atoms with Gasteiger partial charge in [0.1, 0.15) is 11.9 Å². The molecule has 6 heteroatoms. The van der Waals surface area contributed by atoms with Crippen molar-refractivity contribution in [2.45, 2.75) is 53.6 Å². The van der Waals surface area contributed by atoms with E-state index in [9.17, 15) is 9.59 Å². The number of hydrogen-bond acceptors (Lipinski definition) is 4. The van der Waals surface area contributed by atoms with Crippen molar-refractivity contribution in [1.29, 1.82) is 0 Å². The third kappa shape index (κ3) is 6.70. The molecule has 3 rings (SSSR count). The van der Waals surface area contributed by atoms with Crippen LogP contribution in [0.25, 0.3) is 11.1 Å². The monoisotopic (exact) mass is 479 g/mol. The molecule has 0 saturated heterocycles. The van der Waals surface area contributed by atoms with E-state index in [0.29, 0.717) is 10.8 Å². The van der Waals surface area contributed by atoms with Gasteiger partial charge in [-0.25, -0.2) is 0 Å².